The second-order valence-corrected chi connectivity index (χ2v) is 6.03. The van der Waals surface area contributed by atoms with Crippen molar-refractivity contribution >= 4 is 23.4 Å². The van der Waals surface area contributed by atoms with Crippen LogP contribution < -0.4 is 71.0 Å². The number of rotatable bonds is 5. The SMILES string of the molecule is CCN(CC)c1ccc2c(c1)O/C(=C\c1ccc(O)c(C(=O)[O-])c1)N2C.[K+]. The van der Waals surface area contributed by atoms with Crippen LogP contribution in [0.4, 0.5) is 11.4 Å². The van der Waals surface area contributed by atoms with Gasteiger partial charge in [-0.25, -0.2) is 0 Å². The van der Waals surface area contributed by atoms with Crippen LogP contribution in [0.2, 0.25) is 0 Å². The first kappa shape index (κ1) is 21.8. The maximum absolute atomic E-state index is 11.1. The first-order valence-electron chi connectivity index (χ1n) is 8.51. The molecule has 136 valence electrons. The van der Waals surface area contributed by atoms with Gasteiger partial charge in [-0.05, 0) is 43.7 Å². The van der Waals surface area contributed by atoms with Gasteiger partial charge in [0.15, 0.2) is 5.75 Å². The van der Waals surface area contributed by atoms with Gasteiger partial charge in [0.1, 0.15) is 5.75 Å². The van der Waals surface area contributed by atoms with E-state index < -0.39 is 5.97 Å². The van der Waals surface area contributed by atoms with Gasteiger partial charge in [0.2, 0.25) is 5.88 Å². The summed E-state index contributed by atoms with van der Waals surface area (Å²) in [6.07, 6.45) is 1.73. The molecule has 0 aliphatic carbocycles. The van der Waals surface area contributed by atoms with Gasteiger partial charge in [-0.15, -0.1) is 0 Å². The molecule has 0 bridgehead atoms. The number of carbonyl (C=O) groups is 1. The molecule has 3 rings (SSSR count). The van der Waals surface area contributed by atoms with Crippen LogP contribution in [0.1, 0.15) is 29.8 Å². The number of nitrogens with zero attached hydrogens (tertiary/aromatic N) is 2. The Labute approximate surface area is 201 Å². The summed E-state index contributed by atoms with van der Waals surface area (Å²) in [5, 5.41) is 20.7. The van der Waals surface area contributed by atoms with E-state index in [1.165, 1.54) is 12.1 Å². The van der Waals surface area contributed by atoms with Crippen LogP contribution in [-0.2, 0) is 0 Å². The summed E-state index contributed by atoms with van der Waals surface area (Å²) in [6.45, 7) is 6.03. The van der Waals surface area contributed by atoms with Crippen LogP contribution in [0.15, 0.2) is 42.3 Å². The van der Waals surface area contributed by atoms with E-state index in [1.807, 2.05) is 24.1 Å². The Morgan fingerprint density at radius 2 is 1.93 bits per heavy atom. The predicted octanol–water partition coefficient (Wildman–Crippen LogP) is -0.567. The third-order valence-corrected chi connectivity index (χ3v) is 4.51. The van der Waals surface area contributed by atoms with E-state index in [1.54, 1.807) is 12.1 Å². The minimum Gasteiger partial charge on any atom is -0.545 e. The number of benzene rings is 2. The number of fused-ring (bicyclic) bond motifs is 1. The molecule has 1 heterocycles. The van der Waals surface area contributed by atoms with E-state index >= 15 is 0 Å². The van der Waals surface area contributed by atoms with Crippen molar-refractivity contribution in [3.8, 4) is 11.5 Å². The van der Waals surface area contributed by atoms with Gasteiger partial charge in [0.05, 0.1) is 11.7 Å². The molecule has 0 fully saturated rings. The standard InChI is InChI=1S/C20H22N2O4.K/c1-4-22(5-2)14-7-8-16-18(12-14)26-19(21(16)3)11-13-6-9-17(23)15(10-13)20(24)25;/h6-12,23H,4-5H2,1-3H3,(H,24,25);/q;+1/p-1/b19-11-;. The fourth-order valence-electron chi connectivity index (χ4n) is 3.02. The number of aromatic carboxylic acids is 1. The van der Waals surface area contributed by atoms with Crippen molar-refractivity contribution in [1.29, 1.82) is 0 Å². The van der Waals surface area contributed by atoms with Crippen LogP contribution in [0, 0.1) is 0 Å². The van der Waals surface area contributed by atoms with Gasteiger partial charge in [0.25, 0.3) is 0 Å². The van der Waals surface area contributed by atoms with Gasteiger partial charge >= 0.3 is 51.4 Å². The van der Waals surface area contributed by atoms with E-state index in [0.29, 0.717) is 11.4 Å². The smallest absolute Gasteiger partial charge is 0.545 e. The normalized spacial score (nSPS) is 13.7. The first-order chi connectivity index (χ1) is 12.4. The number of anilines is 2. The summed E-state index contributed by atoms with van der Waals surface area (Å²) in [5.41, 5.74) is 2.38. The molecule has 2 aromatic carbocycles. The number of carbonyl (C=O) groups excluding carboxylic acids is 1. The molecule has 1 N–H and O–H groups in total. The molecule has 0 radical (unpaired) electrons. The van der Waals surface area contributed by atoms with Gasteiger partial charge < -0.3 is 29.5 Å². The van der Waals surface area contributed by atoms with Crippen molar-refractivity contribution in [2.45, 2.75) is 13.8 Å². The van der Waals surface area contributed by atoms with E-state index in [4.69, 9.17) is 4.74 Å². The zero-order valence-corrected chi connectivity index (χ0v) is 19.1. The summed E-state index contributed by atoms with van der Waals surface area (Å²) < 4.78 is 5.97. The molecule has 27 heavy (non-hydrogen) atoms. The van der Waals surface area contributed by atoms with E-state index in [2.05, 4.69) is 24.8 Å². The Kier molecular flexibility index (Phi) is 7.36. The molecule has 0 spiro atoms. The van der Waals surface area contributed by atoms with E-state index in [9.17, 15) is 15.0 Å². The molecule has 2 aromatic rings. The molecular formula is C20H21KN2O4. The number of ether oxygens (including phenoxy) is 1. The number of hydrogen-bond acceptors (Lipinski definition) is 6. The quantitative estimate of drug-likeness (QED) is 0.687. The summed E-state index contributed by atoms with van der Waals surface area (Å²) >= 11 is 0. The van der Waals surface area contributed by atoms with Gasteiger partial charge in [0, 0.05) is 43.5 Å². The number of aromatic hydroxyl groups is 1. The fraction of sp³-hybridized carbons (Fsp3) is 0.250. The van der Waals surface area contributed by atoms with Crippen molar-refractivity contribution in [3.63, 3.8) is 0 Å². The Hall–Kier alpha value is -1.51. The van der Waals surface area contributed by atoms with Crippen molar-refractivity contribution in [1.82, 2.24) is 0 Å². The van der Waals surface area contributed by atoms with E-state index in [0.717, 1.165) is 30.2 Å². The molecule has 7 heteroatoms. The Morgan fingerprint density at radius 3 is 2.56 bits per heavy atom. The molecule has 1 aliphatic heterocycles. The summed E-state index contributed by atoms with van der Waals surface area (Å²) in [7, 11) is 1.88. The topological polar surface area (TPSA) is 76.1 Å². The Balaban J connectivity index is 0.00000261. The zero-order chi connectivity index (χ0) is 18.8. The average Bonchev–Trinajstić information content (AvgIpc) is 2.93. The third kappa shape index (κ3) is 4.49. The minimum atomic E-state index is -1.42. The summed E-state index contributed by atoms with van der Waals surface area (Å²) in [4.78, 5) is 15.2. The van der Waals surface area contributed by atoms with Crippen molar-refractivity contribution < 1.29 is 71.1 Å². The van der Waals surface area contributed by atoms with Crippen LogP contribution in [0.3, 0.4) is 0 Å². The van der Waals surface area contributed by atoms with Crippen LogP contribution >= 0.6 is 0 Å². The Bertz CT molecular complexity index is 878. The predicted molar refractivity (Wildman–Crippen MR) is 99.4 cm³/mol. The summed E-state index contributed by atoms with van der Waals surface area (Å²) in [6, 6.07) is 10.4. The molecule has 1 aliphatic rings. The number of carboxylic acids is 1. The molecule has 0 aromatic heterocycles. The molecule has 0 saturated heterocycles. The maximum Gasteiger partial charge on any atom is 1.00 e. The monoisotopic (exact) mass is 392 g/mol. The van der Waals surface area contributed by atoms with Crippen LogP contribution in [0.25, 0.3) is 6.08 Å². The number of hydrogen-bond donors (Lipinski definition) is 1. The fourth-order valence-corrected chi connectivity index (χ4v) is 3.02. The van der Waals surface area contributed by atoms with Crippen molar-refractivity contribution in [2.24, 2.45) is 0 Å². The minimum absolute atomic E-state index is 0. The molecule has 6 nitrogen and oxygen atoms in total. The van der Waals surface area contributed by atoms with Gasteiger partial charge in [-0.3, -0.25) is 0 Å². The molecule has 0 amide bonds. The molecular weight excluding hydrogens is 371 g/mol. The van der Waals surface area contributed by atoms with Crippen LogP contribution in [-0.4, -0.2) is 31.2 Å². The number of phenols is 1. The van der Waals surface area contributed by atoms with Gasteiger partial charge in [-0.1, -0.05) is 6.07 Å². The second-order valence-electron chi connectivity index (χ2n) is 6.03. The maximum atomic E-state index is 11.1. The summed E-state index contributed by atoms with van der Waals surface area (Å²) in [5.74, 6) is -0.413. The first-order valence-corrected chi connectivity index (χ1v) is 8.51. The van der Waals surface area contributed by atoms with Gasteiger partial charge in [-0.2, -0.15) is 0 Å². The Morgan fingerprint density at radius 1 is 1.22 bits per heavy atom. The van der Waals surface area contributed by atoms with Crippen molar-refractivity contribution in [2.75, 3.05) is 29.9 Å². The largest absolute Gasteiger partial charge is 1.00 e. The van der Waals surface area contributed by atoms with Crippen molar-refractivity contribution in [3.05, 3.63) is 53.4 Å². The average molecular weight is 392 g/mol. The molecule has 0 unspecified atom stereocenters. The van der Waals surface area contributed by atoms with Crippen LogP contribution in [0.5, 0.6) is 11.5 Å². The third-order valence-electron chi connectivity index (χ3n) is 4.51. The second kappa shape index (κ2) is 9.12. The zero-order valence-electron chi connectivity index (χ0n) is 16.0. The molecule has 0 saturated carbocycles. The molecule has 0 atom stereocenters. The van der Waals surface area contributed by atoms with E-state index in [-0.39, 0.29) is 62.7 Å². The number of carboxylic acid groups (broad SMARTS) is 1.